The predicted molar refractivity (Wildman–Crippen MR) is 124 cm³/mol. The van der Waals surface area contributed by atoms with E-state index in [0.717, 1.165) is 73.1 Å². The third-order valence-electron chi connectivity index (χ3n) is 7.18. The van der Waals surface area contributed by atoms with Crippen LogP contribution in [-0.4, -0.2) is 26.8 Å². The first-order chi connectivity index (χ1) is 15.6. The first-order valence-corrected chi connectivity index (χ1v) is 11.5. The minimum atomic E-state index is -0.906. The van der Waals surface area contributed by atoms with Gasteiger partial charge in [0.05, 0.1) is 22.8 Å². The number of nitrogens with zero attached hydrogens (tertiary/aromatic N) is 4. The molecular weight excluding hydrogens is 400 g/mol. The van der Waals surface area contributed by atoms with Crippen molar-refractivity contribution >= 4 is 22.8 Å². The molecule has 1 aliphatic carbocycles. The fourth-order valence-electron chi connectivity index (χ4n) is 5.51. The lowest BCUT2D eigenvalue weighted by molar-refractivity contribution is 0.198. The average molecular weight is 429 g/mol. The van der Waals surface area contributed by atoms with Crippen molar-refractivity contribution in [1.82, 2.24) is 9.55 Å². The molecular formula is C26H28N4O2. The summed E-state index contributed by atoms with van der Waals surface area (Å²) in [5, 5.41) is 19.1. The first kappa shape index (κ1) is 20.6. The maximum Gasteiger partial charge on any atom is 0.412 e. The number of nitriles is 1. The minimum Gasteiger partial charge on any atom is -0.465 e. The number of rotatable bonds is 3. The van der Waals surface area contributed by atoms with Crippen molar-refractivity contribution in [2.75, 3.05) is 4.90 Å². The van der Waals surface area contributed by atoms with E-state index in [1.54, 1.807) is 0 Å². The van der Waals surface area contributed by atoms with Crippen molar-refractivity contribution in [3.63, 3.8) is 0 Å². The summed E-state index contributed by atoms with van der Waals surface area (Å²) in [5.74, 6) is 1.18. The zero-order valence-corrected chi connectivity index (χ0v) is 18.4. The van der Waals surface area contributed by atoms with E-state index in [4.69, 9.17) is 4.98 Å². The lowest BCUT2D eigenvalue weighted by Crippen LogP contribution is -2.41. The topological polar surface area (TPSA) is 82.2 Å². The van der Waals surface area contributed by atoms with Gasteiger partial charge in [-0.1, -0.05) is 30.3 Å². The van der Waals surface area contributed by atoms with Crippen molar-refractivity contribution in [1.29, 1.82) is 5.26 Å². The Bertz CT molecular complexity index is 1190. The van der Waals surface area contributed by atoms with Gasteiger partial charge in [0.15, 0.2) is 0 Å². The number of hydrogen-bond acceptors (Lipinski definition) is 3. The third-order valence-corrected chi connectivity index (χ3v) is 7.18. The van der Waals surface area contributed by atoms with Crippen LogP contribution in [0, 0.1) is 17.2 Å². The minimum absolute atomic E-state index is 0.0374. The lowest BCUT2D eigenvalue weighted by Gasteiger charge is -2.33. The lowest BCUT2D eigenvalue weighted by atomic mass is 9.86. The molecule has 0 saturated heterocycles. The van der Waals surface area contributed by atoms with Gasteiger partial charge in [0.2, 0.25) is 0 Å². The number of aromatic nitrogens is 2. The number of carbonyl (C=O) groups is 1. The third kappa shape index (κ3) is 3.52. The van der Waals surface area contributed by atoms with Crippen LogP contribution in [0.5, 0.6) is 0 Å². The van der Waals surface area contributed by atoms with Crippen LogP contribution in [-0.2, 0) is 12.8 Å². The van der Waals surface area contributed by atoms with Gasteiger partial charge in [0.25, 0.3) is 0 Å². The number of carboxylic acid groups (broad SMARTS) is 1. The Labute approximate surface area is 188 Å². The van der Waals surface area contributed by atoms with E-state index in [1.807, 2.05) is 19.1 Å². The fourth-order valence-corrected chi connectivity index (χ4v) is 5.51. The largest absolute Gasteiger partial charge is 0.465 e. The van der Waals surface area contributed by atoms with Gasteiger partial charge in [-0.15, -0.1) is 0 Å². The Morgan fingerprint density at radius 2 is 1.88 bits per heavy atom. The summed E-state index contributed by atoms with van der Waals surface area (Å²) in [5.41, 5.74) is 5.06. The van der Waals surface area contributed by atoms with E-state index in [-0.39, 0.29) is 12.0 Å². The van der Waals surface area contributed by atoms with Crippen LogP contribution in [0.25, 0.3) is 11.0 Å². The van der Waals surface area contributed by atoms with Crippen molar-refractivity contribution in [2.45, 2.75) is 64.0 Å². The summed E-state index contributed by atoms with van der Waals surface area (Å²) in [7, 11) is 0. The van der Waals surface area contributed by atoms with Crippen LogP contribution in [0.3, 0.4) is 0 Å². The van der Waals surface area contributed by atoms with Gasteiger partial charge in [-0.25, -0.2) is 9.78 Å². The van der Waals surface area contributed by atoms with Gasteiger partial charge in [-0.2, -0.15) is 5.26 Å². The molecule has 0 radical (unpaired) electrons. The van der Waals surface area contributed by atoms with Crippen molar-refractivity contribution < 1.29 is 9.90 Å². The SMILES string of the molecule is C[C@H]1CCc2c(ccc3c2nc(Cc2ccccc2)n3C2CCC(C#N)CC2)N1C(=O)O. The molecule has 0 unspecified atom stereocenters. The zero-order valence-electron chi connectivity index (χ0n) is 18.4. The van der Waals surface area contributed by atoms with E-state index >= 15 is 0 Å². The molecule has 32 heavy (non-hydrogen) atoms. The Kier molecular flexibility index (Phi) is 5.34. The Hall–Kier alpha value is -3.33. The summed E-state index contributed by atoms with van der Waals surface area (Å²) in [6.45, 7) is 1.97. The number of benzene rings is 2. The Balaban J connectivity index is 1.64. The zero-order chi connectivity index (χ0) is 22.2. The van der Waals surface area contributed by atoms with Gasteiger partial charge in [0, 0.05) is 30.0 Å². The van der Waals surface area contributed by atoms with Crippen LogP contribution in [0.4, 0.5) is 10.5 Å². The summed E-state index contributed by atoms with van der Waals surface area (Å²) >= 11 is 0. The van der Waals surface area contributed by atoms with Crippen molar-refractivity contribution in [2.24, 2.45) is 5.92 Å². The molecule has 1 saturated carbocycles. The number of hydrogen-bond donors (Lipinski definition) is 1. The molecule has 6 nitrogen and oxygen atoms in total. The molecule has 5 rings (SSSR count). The number of fused-ring (bicyclic) bond motifs is 3. The quantitative estimate of drug-likeness (QED) is 0.580. The fraction of sp³-hybridized carbons (Fsp3) is 0.423. The molecule has 1 amide bonds. The Morgan fingerprint density at radius 1 is 1.12 bits per heavy atom. The van der Waals surface area contributed by atoms with Crippen LogP contribution in [0.2, 0.25) is 0 Å². The highest BCUT2D eigenvalue weighted by Crippen LogP contribution is 2.40. The normalized spacial score (nSPS) is 23.0. The molecule has 0 bridgehead atoms. The molecule has 1 atom stereocenters. The number of anilines is 1. The highest BCUT2D eigenvalue weighted by molar-refractivity contribution is 5.94. The molecule has 2 aromatic carbocycles. The monoisotopic (exact) mass is 428 g/mol. The molecule has 164 valence electrons. The second-order valence-electron chi connectivity index (χ2n) is 9.17. The van der Waals surface area contributed by atoms with E-state index in [1.165, 1.54) is 10.5 Å². The van der Waals surface area contributed by atoms with E-state index in [9.17, 15) is 15.2 Å². The molecule has 2 heterocycles. The predicted octanol–water partition coefficient (Wildman–Crippen LogP) is 5.70. The maximum absolute atomic E-state index is 12.0. The van der Waals surface area contributed by atoms with Crippen molar-refractivity contribution in [3.05, 3.63) is 59.4 Å². The summed E-state index contributed by atoms with van der Waals surface area (Å²) in [4.78, 5) is 18.6. The number of amides is 1. The van der Waals surface area contributed by atoms with Gasteiger partial charge < -0.3 is 9.67 Å². The molecule has 1 aliphatic heterocycles. The molecule has 1 N–H and O–H groups in total. The molecule has 3 aromatic rings. The average Bonchev–Trinajstić information content (AvgIpc) is 3.17. The van der Waals surface area contributed by atoms with Crippen molar-refractivity contribution in [3.8, 4) is 6.07 Å². The van der Waals surface area contributed by atoms with Gasteiger partial charge in [-0.3, -0.25) is 4.90 Å². The van der Waals surface area contributed by atoms with Crippen LogP contribution in [0.15, 0.2) is 42.5 Å². The molecule has 1 fully saturated rings. The van der Waals surface area contributed by atoms with E-state index < -0.39 is 6.09 Å². The van der Waals surface area contributed by atoms with Crippen LogP contribution >= 0.6 is 0 Å². The highest BCUT2D eigenvalue weighted by Gasteiger charge is 2.32. The summed E-state index contributed by atoms with van der Waals surface area (Å²) in [6, 6.07) is 17.1. The van der Waals surface area contributed by atoms with E-state index in [0.29, 0.717) is 6.04 Å². The standard InChI is InChI=1S/C26H28N4O2/c1-17-7-12-21-22(29(17)26(31)32)13-14-23-25(21)28-24(15-18-5-3-2-4-6-18)30(23)20-10-8-19(16-27)9-11-20/h2-6,13-14,17,19-20H,7-12,15H2,1H3,(H,31,32)/t17-,19?,20?/m0/s1. The van der Waals surface area contributed by atoms with E-state index in [2.05, 4.69) is 41.0 Å². The van der Waals surface area contributed by atoms with Crippen LogP contribution in [0.1, 0.15) is 62.0 Å². The first-order valence-electron chi connectivity index (χ1n) is 11.5. The Morgan fingerprint density at radius 3 is 2.56 bits per heavy atom. The second kappa shape index (κ2) is 8.31. The van der Waals surface area contributed by atoms with Crippen LogP contribution < -0.4 is 4.90 Å². The number of aryl methyl sites for hydroxylation is 1. The smallest absolute Gasteiger partial charge is 0.412 e. The number of imidazole rings is 1. The highest BCUT2D eigenvalue weighted by atomic mass is 16.4. The molecule has 2 aliphatic rings. The van der Waals surface area contributed by atoms with Gasteiger partial charge >= 0.3 is 6.09 Å². The van der Waals surface area contributed by atoms with Gasteiger partial charge in [0.1, 0.15) is 5.82 Å². The molecule has 6 heteroatoms. The van der Waals surface area contributed by atoms with Gasteiger partial charge in [-0.05, 0) is 63.1 Å². The maximum atomic E-state index is 12.0. The summed E-state index contributed by atoms with van der Waals surface area (Å²) < 4.78 is 2.39. The molecule has 0 spiro atoms. The second-order valence-corrected chi connectivity index (χ2v) is 9.17. The molecule has 1 aromatic heterocycles. The summed E-state index contributed by atoms with van der Waals surface area (Å²) in [6.07, 6.45) is 5.24.